The molecule has 2 N–H and O–H groups in total. The number of carbonyl (C=O) groups is 2. The number of benzene rings is 1. The van der Waals surface area contributed by atoms with Crippen LogP contribution in [-0.2, 0) is 9.59 Å². The highest BCUT2D eigenvalue weighted by Crippen LogP contribution is 2.20. The van der Waals surface area contributed by atoms with E-state index in [9.17, 15) is 9.59 Å². The predicted molar refractivity (Wildman–Crippen MR) is 106 cm³/mol. The normalized spacial score (nSPS) is 12.9. The molecule has 2 amide bonds. The van der Waals surface area contributed by atoms with E-state index in [0.29, 0.717) is 13.0 Å². The van der Waals surface area contributed by atoms with E-state index in [-0.39, 0.29) is 17.6 Å². The van der Waals surface area contributed by atoms with Gasteiger partial charge in [-0.15, -0.1) is 0 Å². The molecule has 0 aromatic heterocycles. The molecule has 0 saturated heterocycles. The van der Waals surface area contributed by atoms with Crippen molar-refractivity contribution in [2.24, 2.45) is 0 Å². The van der Waals surface area contributed by atoms with E-state index in [4.69, 9.17) is 0 Å². The quantitative estimate of drug-likeness (QED) is 0.467. The highest BCUT2D eigenvalue weighted by molar-refractivity contribution is 7.81. The molecule has 2 rings (SSSR count). The van der Waals surface area contributed by atoms with Crippen molar-refractivity contribution in [2.45, 2.75) is 32.1 Å². The minimum atomic E-state index is -0.0555. The molecular formula is C19H25N3O2S. The van der Waals surface area contributed by atoms with Gasteiger partial charge in [0.15, 0.2) is 0 Å². The molecule has 25 heavy (non-hydrogen) atoms. The Hall–Kier alpha value is -2.21. The summed E-state index contributed by atoms with van der Waals surface area (Å²) in [6, 6.07) is 7.80. The van der Waals surface area contributed by atoms with Gasteiger partial charge < -0.3 is 15.5 Å². The summed E-state index contributed by atoms with van der Waals surface area (Å²) < 4.78 is 0. The molecule has 1 aliphatic heterocycles. The Morgan fingerprint density at radius 2 is 1.72 bits per heavy atom. The van der Waals surface area contributed by atoms with Crippen LogP contribution in [0.4, 0.5) is 11.4 Å². The van der Waals surface area contributed by atoms with Crippen LogP contribution in [0.25, 0.3) is 0 Å². The number of thiol groups is 1. The number of hydrogen-bond donors (Lipinski definition) is 3. The molecule has 0 bridgehead atoms. The molecule has 1 heterocycles. The Labute approximate surface area is 154 Å². The highest BCUT2D eigenvalue weighted by Gasteiger charge is 2.05. The van der Waals surface area contributed by atoms with Gasteiger partial charge in [-0.2, -0.15) is 12.6 Å². The van der Waals surface area contributed by atoms with Crippen LogP contribution in [0.5, 0.6) is 0 Å². The van der Waals surface area contributed by atoms with Crippen LogP contribution in [-0.4, -0.2) is 24.1 Å². The maximum absolute atomic E-state index is 12.0. The number of carbonyl (C=O) groups excluding carboxylic acids is 2. The molecule has 0 aliphatic carbocycles. The molecule has 1 aromatic rings. The average Bonchev–Trinajstić information content (AvgIpc) is 2.65. The fraction of sp³-hybridized carbons (Fsp3) is 0.368. The highest BCUT2D eigenvalue weighted by atomic mass is 32.1. The topological polar surface area (TPSA) is 61.4 Å². The number of rotatable bonds is 9. The monoisotopic (exact) mass is 359 g/mol. The molecule has 1 aromatic carbocycles. The summed E-state index contributed by atoms with van der Waals surface area (Å²) in [7, 11) is 0. The van der Waals surface area contributed by atoms with Gasteiger partial charge in [-0.05, 0) is 43.5 Å². The van der Waals surface area contributed by atoms with Gasteiger partial charge in [0, 0.05) is 36.7 Å². The molecule has 0 fully saturated rings. The predicted octanol–water partition coefficient (Wildman–Crippen LogP) is 3.47. The maximum atomic E-state index is 12.0. The lowest BCUT2D eigenvalue weighted by atomic mass is 10.2. The largest absolute Gasteiger partial charge is 0.355 e. The smallest absolute Gasteiger partial charge is 0.229 e. The van der Waals surface area contributed by atoms with Crippen LogP contribution in [0, 0.1) is 0 Å². The molecule has 0 saturated carbocycles. The van der Waals surface area contributed by atoms with Gasteiger partial charge in [-0.3, -0.25) is 9.59 Å². The van der Waals surface area contributed by atoms with Crippen LogP contribution < -0.4 is 15.5 Å². The number of nitrogens with zero attached hydrogens (tertiary/aromatic N) is 1. The third kappa shape index (κ3) is 7.05. The first kappa shape index (κ1) is 19.1. The summed E-state index contributed by atoms with van der Waals surface area (Å²) in [5.74, 6) is 0.177. The van der Waals surface area contributed by atoms with E-state index in [1.165, 1.54) is 0 Å². The maximum Gasteiger partial charge on any atom is 0.229 e. The first-order valence-corrected chi connectivity index (χ1v) is 9.21. The van der Waals surface area contributed by atoms with Gasteiger partial charge in [0.1, 0.15) is 0 Å². The lowest BCUT2D eigenvalue weighted by molar-refractivity contribution is -0.118. The Bertz CT molecular complexity index is 614. The Kier molecular flexibility index (Phi) is 8.12. The summed E-state index contributed by atoms with van der Waals surface area (Å²) in [6.07, 6.45) is 12.3. The van der Waals surface area contributed by atoms with E-state index in [2.05, 4.69) is 35.4 Å². The zero-order chi connectivity index (χ0) is 17.9. The third-order valence-electron chi connectivity index (χ3n) is 3.80. The fourth-order valence-electron chi connectivity index (χ4n) is 2.46. The van der Waals surface area contributed by atoms with Gasteiger partial charge in [-0.25, -0.2) is 0 Å². The molecule has 134 valence electrons. The van der Waals surface area contributed by atoms with E-state index in [1.807, 2.05) is 41.6 Å². The zero-order valence-electron chi connectivity index (χ0n) is 14.3. The second-order valence-electron chi connectivity index (χ2n) is 5.83. The van der Waals surface area contributed by atoms with Crippen LogP contribution in [0.1, 0.15) is 32.1 Å². The first-order chi connectivity index (χ1) is 12.2. The number of amides is 2. The minimum Gasteiger partial charge on any atom is -0.355 e. The van der Waals surface area contributed by atoms with Crippen molar-refractivity contribution in [3.05, 3.63) is 48.8 Å². The molecule has 0 unspecified atom stereocenters. The van der Waals surface area contributed by atoms with Gasteiger partial charge in [0.05, 0.1) is 5.75 Å². The Morgan fingerprint density at radius 3 is 2.40 bits per heavy atom. The van der Waals surface area contributed by atoms with Crippen molar-refractivity contribution >= 4 is 35.8 Å². The molecule has 0 spiro atoms. The molecular weight excluding hydrogens is 334 g/mol. The molecule has 5 nitrogen and oxygen atoms in total. The van der Waals surface area contributed by atoms with Crippen LogP contribution in [0.3, 0.4) is 0 Å². The lowest BCUT2D eigenvalue weighted by Crippen LogP contribution is -2.25. The van der Waals surface area contributed by atoms with Crippen molar-refractivity contribution in [3.63, 3.8) is 0 Å². The SMILES string of the molecule is O=C(CS)NCCCCCC(=O)Nc1ccc(N2C=CCC=C2)cc1. The van der Waals surface area contributed by atoms with Crippen molar-refractivity contribution < 1.29 is 9.59 Å². The van der Waals surface area contributed by atoms with Crippen LogP contribution >= 0.6 is 12.6 Å². The number of hydrogen-bond acceptors (Lipinski definition) is 4. The third-order valence-corrected chi connectivity index (χ3v) is 4.09. The lowest BCUT2D eigenvalue weighted by Gasteiger charge is -2.18. The van der Waals surface area contributed by atoms with E-state index >= 15 is 0 Å². The van der Waals surface area contributed by atoms with Gasteiger partial charge in [0.25, 0.3) is 0 Å². The van der Waals surface area contributed by atoms with Crippen molar-refractivity contribution in [1.29, 1.82) is 0 Å². The van der Waals surface area contributed by atoms with Crippen molar-refractivity contribution in [3.8, 4) is 0 Å². The standard InChI is InChI=1S/C19H25N3O2S/c23-18(7-3-1-4-12-20-19(24)15-25)21-16-8-10-17(11-9-16)22-13-5-2-6-14-22/h5-6,8-11,13-14,25H,1-4,7,12,15H2,(H,20,24)(H,21,23). The second kappa shape index (κ2) is 10.6. The van der Waals surface area contributed by atoms with Crippen LogP contribution in [0.2, 0.25) is 0 Å². The summed E-state index contributed by atoms with van der Waals surface area (Å²) in [5.41, 5.74) is 1.87. The molecule has 1 aliphatic rings. The van der Waals surface area contributed by atoms with E-state index in [0.717, 1.165) is 37.1 Å². The van der Waals surface area contributed by atoms with Crippen molar-refractivity contribution in [2.75, 3.05) is 22.5 Å². The Morgan fingerprint density at radius 1 is 1.00 bits per heavy atom. The number of anilines is 2. The van der Waals surface area contributed by atoms with Gasteiger partial charge in [0.2, 0.25) is 11.8 Å². The summed E-state index contributed by atoms with van der Waals surface area (Å²) in [5, 5.41) is 5.68. The van der Waals surface area contributed by atoms with E-state index < -0.39 is 0 Å². The molecule has 0 atom stereocenters. The van der Waals surface area contributed by atoms with Crippen LogP contribution in [0.15, 0.2) is 48.8 Å². The molecule has 0 radical (unpaired) electrons. The van der Waals surface area contributed by atoms with Crippen molar-refractivity contribution in [1.82, 2.24) is 5.32 Å². The van der Waals surface area contributed by atoms with Gasteiger partial charge >= 0.3 is 0 Å². The first-order valence-electron chi connectivity index (χ1n) is 8.58. The Balaban J connectivity index is 1.65. The fourth-order valence-corrected chi connectivity index (χ4v) is 2.57. The summed E-state index contributed by atoms with van der Waals surface area (Å²) in [4.78, 5) is 25.0. The number of unbranched alkanes of at least 4 members (excludes halogenated alkanes) is 2. The average molecular weight is 359 g/mol. The molecule has 6 heteroatoms. The zero-order valence-corrected chi connectivity index (χ0v) is 15.2. The number of nitrogens with one attached hydrogen (secondary N) is 2. The summed E-state index contributed by atoms with van der Waals surface area (Å²) >= 11 is 3.90. The summed E-state index contributed by atoms with van der Waals surface area (Å²) in [6.45, 7) is 0.641. The second-order valence-corrected chi connectivity index (χ2v) is 6.14. The number of allylic oxidation sites excluding steroid dienone is 2. The van der Waals surface area contributed by atoms with E-state index in [1.54, 1.807) is 0 Å². The minimum absolute atomic E-state index is 0.0184. The van der Waals surface area contributed by atoms with Gasteiger partial charge in [-0.1, -0.05) is 18.6 Å².